The van der Waals surface area contributed by atoms with Crippen molar-refractivity contribution < 1.29 is 24.2 Å². The van der Waals surface area contributed by atoms with Crippen molar-refractivity contribution in [3.8, 4) is 22.6 Å². The smallest absolute Gasteiger partial charge is 0.348 e. The molecule has 0 aromatic heterocycles. The minimum atomic E-state index is -1.41. The van der Waals surface area contributed by atoms with E-state index in [1.165, 1.54) is 5.56 Å². The summed E-state index contributed by atoms with van der Waals surface area (Å²) in [5.74, 6) is 0.158. The number of para-hydroxylation sites is 1. The monoisotopic (exact) mass is 564 g/mol. The third-order valence-corrected chi connectivity index (χ3v) is 8.02. The Morgan fingerprint density at radius 2 is 1.45 bits per heavy atom. The van der Waals surface area contributed by atoms with E-state index in [1.807, 2.05) is 67.7 Å². The van der Waals surface area contributed by atoms with Crippen molar-refractivity contribution in [2.45, 2.75) is 37.3 Å². The minimum absolute atomic E-state index is 0.0838. The molecule has 0 spiro atoms. The Kier molecular flexibility index (Phi) is 8.48. The van der Waals surface area contributed by atoms with Gasteiger partial charge in [-0.25, -0.2) is 9.59 Å². The molecule has 1 fully saturated rings. The molecule has 1 aliphatic rings. The van der Waals surface area contributed by atoms with Crippen LogP contribution in [-0.2, 0) is 17.6 Å². The maximum absolute atomic E-state index is 12.5. The molecule has 0 saturated carbocycles. The molecular formula is C35H36N2O5. The molecule has 0 radical (unpaired) electrons. The number of carbonyl (C=O) groups is 2. The highest BCUT2D eigenvalue weighted by molar-refractivity contribution is 5.78. The lowest BCUT2D eigenvalue weighted by Crippen LogP contribution is -2.47. The molecule has 0 aliphatic carbocycles. The fourth-order valence-electron chi connectivity index (χ4n) is 5.40. The Morgan fingerprint density at radius 3 is 2.05 bits per heavy atom. The van der Waals surface area contributed by atoms with E-state index in [-0.39, 0.29) is 12.5 Å². The number of nitrogens with one attached hydrogen (secondary N) is 1. The number of hydrogen-bond acceptors (Lipinski definition) is 4. The summed E-state index contributed by atoms with van der Waals surface area (Å²) in [5.41, 5.74) is 2.48. The standard InChI is InChI=1S/C35H36N2O5/c1-34(32(38)39,42-31-11-7-4-8-12-31)23-26-15-19-30(20-16-26)41-22-21-35(25-36-33(40)37(35)2)24-27-13-17-29(18-14-27)28-9-5-3-6-10-28/h3-20H,21-25H2,1-2H3,(H,36,40)(H,38,39). The van der Waals surface area contributed by atoms with Crippen molar-refractivity contribution in [3.05, 3.63) is 120 Å². The van der Waals surface area contributed by atoms with Gasteiger partial charge in [-0.2, -0.15) is 0 Å². The zero-order chi connectivity index (χ0) is 29.6. The molecule has 2 atom stereocenters. The first kappa shape index (κ1) is 28.7. The second-order valence-electron chi connectivity index (χ2n) is 11.1. The summed E-state index contributed by atoms with van der Waals surface area (Å²) >= 11 is 0. The van der Waals surface area contributed by atoms with Crippen molar-refractivity contribution in [1.82, 2.24) is 10.2 Å². The predicted octanol–water partition coefficient (Wildman–Crippen LogP) is 6.22. The number of carboxylic acids is 1. The highest BCUT2D eigenvalue weighted by Crippen LogP contribution is 2.30. The van der Waals surface area contributed by atoms with Crippen LogP contribution in [0.3, 0.4) is 0 Å². The molecule has 7 nitrogen and oxygen atoms in total. The minimum Gasteiger partial charge on any atom is -0.494 e. The largest absolute Gasteiger partial charge is 0.494 e. The van der Waals surface area contributed by atoms with Gasteiger partial charge < -0.3 is 24.8 Å². The van der Waals surface area contributed by atoms with E-state index >= 15 is 0 Å². The van der Waals surface area contributed by atoms with Crippen LogP contribution in [0, 0.1) is 0 Å². The van der Waals surface area contributed by atoms with Crippen LogP contribution in [0.15, 0.2) is 109 Å². The molecule has 42 heavy (non-hydrogen) atoms. The van der Waals surface area contributed by atoms with E-state index < -0.39 is 17.1 Å². The summed E-state index contributed by atoms with van der Waals surface area (Å²) in [6.45, 7) is 2.54. The molecule has 1 heterocycles. The van der Waals surface area contributed by atoms with Gasteiger partial charge in [0.05, 0.1) is 12.1 Å². The number of carbonyl (C=O) groups excluding carboxylic acids is 1. The van der Waals surface area contributed by atoms with E-state index in [1.54, 1.807) is 24.0 Å². The van der Waals surface area contributed by atoms with Crippen LogP contribution in [0.25, 0.3) is 11.1 Å². The number of carboxylic acid groups (broad SMARTS) is 1. The van der Waals surface area contributed by atoms with Crippen molar-refractivity contribution in [1.29, 1.82) is 0 Å². The van der Waals surface area contributed by atoms with Crippen molar-refractivity contribution in [2.24, 2.45) is 0 Å². The number of likely N-dealkylation sites (N-methyl/N-ethyl adjacent to an activating group) is 1. The average Bonchev–Trinajstić information content (AvgIpc) is 3.28. The highest BCUT2D eigenvalue weighted by atomic mass is 16.5. The van der Waals surface area contributed by atoms with Crippen molar-refractivity contribution in [3.63, 3.8) is 0 Å². The molecule has 1 aliphatic heterocycles. The highest BCUT2D eigenvalue weighted by Gasteiger charge is 2.43. The van der Waals surface area contributed by atoms with E-state index in [0.29, 0.717) is 37.5 Å². The molecule has 2 unspecified atom stereocenters. The van der Waals surface area contributed by atoms with Crippen molar-refractivity contribution >= 4 is 12.0 Å². The Bertz CT molecular complexity index is 1490. The second kappa shape index (κ2) is 12.4. The van der Waals surface area contributed by atoms with Gasteiger partial charge in [-0.3, -0.25) is 0 Å². The number of benzene rings is 4. The van der Waals surface area contributed by atoms with Crippen molar-refractivity contribution in [2.75, 3.05) is 20.2 Å². The van der Waals surface area contributed by atoms with Crippen LogP contribution in [0.5, 0.6) is 11.5 Å². The zero-order valence-corrected chi connectivity index (χ0v) is 24.0. The number of amides is 2. The zero-order valence-electron chi connectivity index (χ0n) is 24.0. The molecule has 216 valence electrons. The van der Waals surface area contributed by atoms with Gasteiger partial charge in [-0.05, 0) is 59.9 Å². The fourth-order valence-corrected chi connectivity index (χ4v) is 5.40. The Hall–Kier alpha value is -4.78. The average molecular weight is 565 g/mol. The molecular weight excluding hydrogens is 528 g/mol. The number of ether oxygens (including phenoxy) is 2. The Balaban J connectivity index is 1.21. The lowest BCUT2D eigenvalue weighted by atomic mass is 9.87. The van der Waals surface area contributed by atoms with Gasteiger partial charge in [-0.15, -0.1) is 0 Å². The third-order valence-electron chi connectivity index (χ3n) is 8.02. The normalized spacial score (nSPS) is 17.8. The first-order chi connectivity index (χ1) is 20.3. The number of nitrogens with zero attached hydrogens (tertiary/aromatic N) is 1. The van der Waals surface area contributed by atoms with E-state index in [2.05, 4.69) is 41.7 Å². The maximum Gasteiger partial charge on any atom is 0.348 e. The topological polar surface area (TPSA) is 88.1 Å². The van der Waals surface area contributed by atoms with Crippen LogP contribution >= 0.6 is 0 Å². The summed E-state index contributed by atoms with van der Waals surface area (Å²) < 4.78 is 12.0. The molecule has 0 bridgehead atoms. The van der Waals surface area contributed by atoms with Crippen LogP contribution in [0.1, 0.15) is 24.5 Å². The number of aliphatic carboxylic acids is 1. The summed E-state index contributed by atoms with van der Waals surface area (Å²) in [5, 5.41) is 12.9. The van der Waals surface area contributed by atoms with Gasteiger partial charge in [0, 0.05) is 26.4 Å². The summed E-state index contributed by atoms with van der Waals surface area (Å²) in [6, 6.07) is 35.1. The van der Waals surface area contributed by atoms with Gasteiger partial charge in [0.15, 0.2) is 0 Å². The van der Waals surface area contributed by atoms with Crippen LogP contribution in [0.2, 0.25) is 0 Å². The second-order valence-corrected chi connectivity index (χ2v) is 11.1. The first-order valence-corrected chi connectivity index (χ1v) is 14.1. The van der Waals surface area contributed by atoms with Gasteiger partial charge in [0.1, 0.15) is 11.5 Å². The maximum atomic E-state index is 12.5. The molecule has 7 heteroatoms. The van der Waals surface area contributed by atoms with E-state index in [4.69, 9.17) is 9.47 Å². The third kappa shape index (κ3) is 6.57. The van der Waals surface area contributed by atoms with Gasteiger partial charge >= 0.3 is 12.0 Å². The Morgan fingerprint density at radius 1 is 0.857 bits per heavy atom. The Labute approximate surface area is 246 Å². The molecule has 4 aromatic rings. The van der Waals surface area contributed by atoms with Gasteiger partial charge in [-0.1, -0.05) is 84.9 Å². The summed E-state index contributed by atoms with van der Waals surface area (Å²) in [6.07, 6.45) is 1.55. The van der Waals surface area contributed by atoms with Gasteiger partial charge in [0.2, 0.25) is 5.60 Å². The lowest BCUT2D eigenvalue weighted by Gasteiger charge is -2.35. The summed E-state index contributed by atoms with van der Waals surface area (Å²) in [7, 11) is 1.84. The predicted molar refractivity (Wildman–Crippen MR) is 163 cm³/mol. The lowest BCUT2D eigenvalue weighted by molar-refractivity contribution is -0.153. The molecule has 2 N–H and O–H groups in total. The summed E-state index contributed by atoms with van der Waals surface area (Å²) in [4.78, 5) is 26.4. The fraction of sp³-hybridized carbons (Fsp3) is 0.257. The molecule has 1 saturated heterocycles. The van der Waals surface area contributed by atoms with Crippen LogP contribution in [-0.4, -0.2) is 53.3 Å². The first-order valence-electron chi connectivity index (χ1n) is 14.1. The van der Waals surface area contributed by atoms with E-state index in [9.17, 15) is 14.7 Å². The van der Waals surface area contributed by atoms with Gasteiger partial charge in [0.25, 0.3) is 0 Å². The number of hydrogen-bond donors (Lipinski definition) is 2. The quantitative estimate of drug-likeness (QED) is 0.213. The van der Waals surface area contributed by atoms with Crippen LogP contribution < -0.4 is 14.8 Å². The number of rotatable bonds is 12. The SMILES string of the molecule is CN1C(=O)NCC1(CCOc1ccc(CC(C)(Oc2ccccc2)C(=O)O)cc1)Cc1ccc(-c2ccccc2)cc1. The van der Waals surface area contributed by atoms with Crippen LogP contribution in [0.4, 0.5) is 4.79 Å². The molecule has 2 amide bonds. The number of urea groups is 1. The van der Waals surface area contributed by atoms with E-state index in [0.717, 1.165) is 16.7 Å². The molecule has 5 rings (SSSR count). The molecule has 4 aromatic carbocycles.